The van der Waals surface area contributed by atoms with Gasteiger partial charge in [-0.1, -0.05) is 17.2 Å². The Morgan fingerprint density at radius 2 is 1.84 bits per heavy atom. The summed E-state index contributed by atoms with van der Waals surface area (Å²) in [6.07, 6.45) is 1.78. The smallest absolute Gasteiger partial charge is 0.253 e. The highest BCUT2D eigenvalue weighted by Crippen LogP contribution is 2.22. The molecular formula is C20H29N3O2. The predicted molar refractivity (Wildman–Crippen MR) is 98.6 cm³/mol. The molecule has 2 atom stereocenters. The molecule has 2 aliphatic heterocycles. The lowest BCUT2D eigenvalue weighted by Gasteiger charge is -2.39. The van der Waals surface area contributed by atoms with Crippen molar-refractivity contribution in [2.75, 3.05) is 32.7 Å². The van der Waals surface area contributed by atoms with E-state index in [0.717, 1.165) is 55.7 Å². The molecule has 5 nitrogen and oxygen atoms in total. The molecule has 136 valence electrons. The first kappa shape index (κ1) is 17.9. The van der Waals surface area contributed by atoms with E-state index in [4.69, 9.17) is 0 Å². The first-order chi connectivity index (χ1) is 12.0. The van der Waals surface area contributed by atoms with Crippen LogP contribution in [0.1, 0.15) is 41.3 Å². The SMILES string of the molecule is Cc1cc(C)cc(C(=O)N2CCCC(C(=O)N3CCNCC3C)C2)c1. The minimum absolute atomic E-state index is 0.0534. The molecule has 2 fully saturated rings. The Bertz CT molecular complexity index is 638. The van der Waals surface area contributed by atoms with Gasteiger partial charge in [-0.3, -0.25) is 9.59 Å². The van der Waals surface area contributed by atoms with Crippen LogP contribution in [0.2, 0.25) is 0 Å². The molecule has 3 rings (SSSR count). The molecule has 25 heavy (non-hydrogen) atoms. The third-order valence-electron chi connectivity index (χ3n) is 5.31. The Morgan fingerprint density at radius 1 is 1.12 bits per heavy atom. The van der Waals surface area contributed by atoms with E-state index in [1.807, 2.05) is 35.8 Å². The predicted octanol–water partition coefficient (Wildman–Crippen LogP) is 1.98. The van der Waals surface area contributed by atoms with Gasteiger partial charge < -0.3 is 15.1 Å². The Kier molecular flexibility index (Phi) is 5.42. The third-order valence-corrected chi connectivity index (χ3v) is 5.31. The minimum atomic E-state index is -0.0656. The van der Waals surface area contributed by atoms with Crippen LogP contribution >= 0.6 is 0 Å². The summed E-state index contributed by atoms with van der Waals surface area (Å²) in [5, 5.41) is 3.32. The molecule has 0 radical (unpaired) electrons. The van der Waals surface area contributed by atoms with E-state index >= 15 is 0 Å². The molecule has 0 saturated carbocycles. The summed E-state index contributed by atoms with van der Waals surface area (Å²) in [5.41, 5.74) is 2.94. The summed E-state index contributed by atoms with van der Waals surface area (Å²) < 4.78 is 0. The second-order valence-corrected chi connectivity index (χ2v) is 7.55. The molecule has 2 amide bonds. The van der Waals surface area contributed by atoms with Gasteiger partial charge in [0.1, 0.15) is 0 Å². The molecule has 2 saturated heterocycles. The van der Waals surface area contributed by atoms with E-state index in [1.165, 1.54) is 0 Å². The van der Waals surface area contributed by atoms with Crippen molar-refractivity contribution >= 4 is 11.8 Å². The lowest BCUT2D eigenvalue weighted by molar-refractivity contribution is -0.139. The highest BCUT2D eigenvalue weighted by molar-refractivity contribution is 5.95. The van der Waals surface area contributed by atoms with Gasteiger partial charge in [0, 0.05) is 44.3 Å². The highest BCUT2D eigenvalue weighted by Gasteiger charge is 2.34. The maximum Gasteiger partial charge on any atom is 0.253 e. The van der Waals surface area contributed by atoms with Crippen LogP contribution in [0, 0.1) is 19.8 Å². The van der Waals surface area contributed by atoms with Crippen molar-refractivity contribution in [3.05, 3.63) is 34.9 Å². The van der Waals surface area contributed by atoms with E-state index in [1.54, 1.807) is 0 Å². The summed E-state index contributed by atoms with van der Waals surface area (Å²) in [6.45, 7) is 9.87. The molecule has 2 heterocycles. The van der Waals surface area contributed by atoms with Gasteiger partial charge in [0.2, 0.25) is 5.91 Å². The van der Waals surface area contributed by atoms with Gasteiger partial charge in [-0.2, -0.15) is 0 Å². The van der Waals surface area contributed by atoms with Crippen LogP contribution in [0.5, 0.6) is 0 Å². The van der Waals surface area contributed by atoms with Gasteiger partial charge >= 0.3 is 0 Å². The summed E-state index contributed by atoms with van der Waals surface area (Å²) in [6, 6.07) is 6.19. The number of carbonyl (C=O) groups is 2. The summed E-state index contributed by atoms with van der Waals surface area (Å²) in [4.78, 5) is 29.7. The topological polar surface area (TPSA) is 52.7 Å². The fourth-order valence-electron chi connectivity index (χ4n) is 4.05. The molecule has 1 aromatic carbocycles. The van der Waals surface area contributed by atoms with Crippen LogP contribution < -0.4 is 5.32 Å². The average Bonchev–Trinajstić information content (AvgIpc) is 2.60. The van der Waals surface area contributed by atoms with Crippen molar-refractivity contribution in [3.8, 4) is 0 Å². The maximum absolute atomic E-state index is 12.9. The van der Waals surface area contributed by atoms with Crippen LogP contribution in [-0.2, 0) is 4.79 Å². The van der Waals surface area contributed by atoms with E-state index in [-0.39, 0.29) is 23.8 Å². The second kappa shape index (κ2) is 7.56. The van der Waals surface area contributed by atoms with Crippen LogP contribution in [0.4, 0.5) is 0 Å². The lowest BCUT2D eigenvalue weighted by atomic mass is 9.94. The first-order valence-electron chi connectivity index (χ1n) is 9.34. The number of carbonyl (C=O) groups excluding carboxylic acids is 2. The van der Waals surface area contributed by atoms with Gasteiger partial charge in [0.05, 0.1) is 5.92 Å². The standard InChI is InChI=1S/C20H29N3O2/c1-14-9-15(2)11-18(10-14)19(24)22-7-4-5-17(13-22)20(25)23-8-6-21-12-16(23)3/h9-11,16-17,21H,4-8,12-13H2,1-3H3. The largest absolute Gasteiger partial charge is 0.338 e. The van der Waals surface area contributed by atoms with Gasteiger partial charge in [-0.05, 0) is 45.7 Å². The maximum atomic E-state index is 12.9. The highest BCUT2D eigenvalue weighted by atomic mass is 16.2. The van der Waals surface area contributed by atoms with E-state index in [9.17, 15) is 9.59 Å². The van der Waals surface area contributed by atoms with Crippen LogP contribution in [0.25, 0.3) is 0 Å². The first-order valence-corrected chi connectivity index (χ1v) is 9.34. The number of likely N-dealkylation sites (tertiary alicyclic amines) is 1. The number of benzene rings is 1. The number of hydrogen-bond donors (Lipinski definition) is 1. The van der Waals surface area contributed by atoms with Crippen LogP contribution in [0.15, 0.2) is 18.2 Å². The van der Waals surface area contributed by atoms with E-state index < -0.39 is 0 Å². The Morgan fingerprint density at radius 3 is 2.52 bits per heavy atom. The molecule has 1 aromatic rings. The zero-order chi connectivity index (χ0) is 18.0. The number of amides is 2. The quantitative estimate of drug-likeness (QED) is 0.893. The number of piperidine rings is 1. The van der Waals surface area contributed by atoms with E-state index in [2.05, 4.69) is 18.3 Å². The number of nitrogens with zero attached hydrogens (tertiary/aromatic N) is 2. The minimum Gasteiger partial charge on any atom is -0.338 e. The average molecular weight is 343 g/mol. The van der Waals surface area contributed by atoms with Crippen molar-refractivity contribution in [2.45, 2.75) is 39.7 Å². The summed E-state index contributed by atoms with van der Waals surface area (Å²) in [5.74, 6) is 0.203. The van der Waals surface area contributed by atoms with Crippen molar-refractivity contribution < 1.29 is 9.59 Å². The fraction of sp³-hybridized carbons (Fsp3) is 0.600. The number of nitrogens with one attached hydrogen (secondary N) is 1. The Labute approximate surface area is 150 Å². The molecule has 2 aliphatic rings. The normalized spacial score (nSPS) is 24.3. The number of aryl methyl sites for hydroxylation is 2. The van der Waals surface area contributed by atoms with Gasteiger partial charge in [0.15, 0.2) is 0 Å². The second-order valence-electron chi connectivity index (χ2n) is 7.55. The fourth-order valence-corrected chi connectivity index (χ4v) is 4.05. The Balaban J connectivity index is 1.70. The number of hydrogen-bond acceptors (Lipinski definition) is 3. The molecule has 2 unspecified atom stereocenters. The van der Waals surface area contributed by atoms with Crippen molar-refractivity contribution in [2.24, 2.45) is 5.92 Å². The third kappa shape index (κ3) is 4.03. The van der Waals surface area contributed by atoms with Crippen molar-refractivity contribution in [1.82, 2.24) is 15.1 Å². The van der Waals surface area contributed by atoms with Crippen molar-refractivity contribution in [3.63, 3.8) is 0 Å². The van der Waals surface area contributed by atoms with Crippen molar-refractivity contribution in [1.29, 1.82) is 0 Å². The molecule has 0 aliphatic carbocycles. The molecule has 0 bridgehead atoms. The van der Waals surface area contributed by atoms with Gasteiger partial charge in [0.25, 0.3) is 5.91 Å². The molecule has 0 spiro atoms. The monoisotopic (exact) mass is 343 g/mol. The summed E-state index contributed by atoms with van der Waals surface area (Å²) in [7, 11) is 0. The number of rotatable bonds is 2. The Hall–Kier alpha value is -1.88. The molecule has 1 N–H and O–H groups in total. The molecule has 5 heteroatoms. The van der Waals surface area contributed by atoms with Crippen LogP contribution in [-0.4, -0.2) is 60.4 Å². The summed E-state index contributed by atoms with van der Waals surface area (Å²) >= 11 is 0. The zero-order valence-electron chi connectivity index (χ0n) is 15.5. The lowest BCUT2D eigenvalue weighted by Crippen LogP contribution is -2.55. The zero-order valence-corrected chi connectivity index (χ0v) is 15.5. The van der Waals surface area contributed by atoms with Gasteiger partial charge in [-0.25, -0.2) is 0 Å². The number of piperazine rings is 1. The van der Waals surface area contributed by atoms with E-state index in [0.29, 0.717) is 6.54 Å². The van der Waals surface area contributed by atoms with Gasteiger partial charge in [-0.15, -0.1) is 0 Å². The van der Waals surface area contributed by atoms with Crippen LogP contribution in [0.3, 0.4) is 0 Å². The molecule has 0 aromatic heterocycles. The molecular weight excluding hydrogens is 314 g/mol.